The zero-order valence-corrected chi connectivity index (χ0v) is 14.4. The predicted octanol–water partition coefficient (Wildman–Crippen LogP) is 4.03. The van der Waals surface area contributed by atoms with Gasteiger partial charge in [-0.1, -0.05) is 24.3 Å². The molecule has 0 spiro atoms. The van der Waals surface area contributed by atoms with Crippen LogP contribution in [0.15, 0.2) is 28.7 Å². The van der Waals surface area contributed by atoms with Crippen molar-refractivity contribution in [1.29, 1.82) is 0 Å². The smallest absolute Gasteiger partial charge is 0.139 e. The summed E-state index contributed by atoms with van der Waals surface area (Å²) in [5.74, 6) is 0.258. The van der Waals surface area contributed by atoms with Gasteiger partial charge in [0.05, 0.1) is 15.9 Å². The van der Waals surface area contributed by atoms with Gasteiger partial charge in [-0.3, -0.25) is 9.48 Å². The maximum Gasteiger partial charge on any atom is 0.139 e. The molecule has 1 aromatic carbocycles. The molecule has 0 bridgehead atoms. The number of rotatable bonds is 6. The fraction of sp³-hybridized carbons (Fsp3) is 0.412. The van der Waals surface area contributed by atoms with Gasteiger partial charge in [-0.2, -0.15) is 5.10 Å². The Hall–Kier alpha value is -1.42. The maximum absolute atomic E-state index is 12.3. The van der Waals surface area contributed by atoms with Crippen LogP contribution in [0, 0.1) is 13.8 Å². The van der Waals surface area contributed by atoms with E-state index in [1.807, 2.05) is 30.7 Å². The minimum Gasteiger partial charge on any atom is -0.299 e. The van der Waals surface area contributed by atoms with Crippen molar-refractivity contribution in [3.05, 3.63) is 51.3 Å². The molecule has 0 unspecified atom stereocenters. The summed E-state index contributed by atoms with van der Waals surface area (Å²) in [6, 6.07) is 8.24. The van der Waals surface area contributed by atoms with Crippen molar-refractivity contribution < 1.29 is 4.79 Å². The van der Waals surface area contributed by atoms with Gasteiger partial charge in [0.1, 0.15) is 5.78 Å². The number of benzene rings is 1. The van der Waals surface area contributed by atoms with Crippen molar-refractivity contribution in [2.24, 2.45) is 0 Å². The quantitative estimate of drug-likeness (QED) is 0.789. The Labute approximate surface area is 134 Å². The molecule has 2 rings (SSSR count). The Balaban J connectivity index is 2.01. The van der Waals surface area contributed by atoms with E-state index in [4.69, 9.17) is 0 Å². The summed E-state index contributed by atoms with van der Waals surface area (Å²) in [7, 11) is 0. The molecular weight excluding hydrogens is 328 g/mol. The van der Waals surface area contributed by atoms with E-state index < -0.39 is 0 Å². The standard InChI is InChI=1S/C17H21BrN2O/c1-4-20-16(17(18)13(3)19-20)11-15(21)10-9-14-8-6-5-7-12(14)2/h5-8H,4,9-11H2,1-3H3. The lowest BCUT2D eigenvalue weighted by Crippen LogP contribution is -2.10. The molecule has 0 aliphatic heterocycles. The van der Waals surface area contributed by atoms with Crippen molar-refractivity contribution in [3.63, 3.8) is 0 Å². The van der Waals surface area contributed by atoms with Gasteiger partial charge < -0.3 is 0 Å². The zero-order chi connectivity index (χ0) is 15.4. The molecule has 3 nitrogen and oxygen atoms in total. The number of Topliss-reactive ketones (excluding diaryl/α,β-unsaturated/α-hetero) is 1. The summed E-state index contributed by atoms with van der Waals surface area (Å²) in [4.78, 5) is 12.3. The van der Waals surface area contributed by atoms with Gasteiger partial charge in [0.2, 0.25) is 0 Å². The van der Waals surface area contributed by atoms with E-state index in [-0.39, 0.29) is 5.78 Å². The first-order chi connectivity index (χ1) is 10.0. The summed E-state index contributed by atoms with van der Waals surface area (Å²) in [5.41, 5.74) is 4.44. The van der Waals surface area contributed by atoms with Gasteiger partial charge >= 0.3 is 0 Å². The van der Waals surface area contributed by atoms with Crippen LogP contribution in [0.25, 0.3) is 0 Å². The number of hydrogen-bond donors (Lipinski definition) is 0. The average molecular weight is 349 g/mol. The topological polar surface area (TPSA) is 34.9 Å². The summed E-state index contributed by atoms with van der Waals surface area (Å²) in [5, 5.41) is 4.43. The van der Waals surface area contributed by atoms with Crippen molar-refractivity contribution in [2.45, 2.75) is 46.6 Å². The number of halogens is 1. The van der Waals surface area contributed by atoms with Crippen LogP contribution in [0.2, 0.25) is 0 Å². The lowest BCUT2D eigenvalue weighted by Gasteiger charge is -2.07. The van der Waals surface area contributed by atoms with Crippen LogP contribution in [0.1, 0.15) is 35.9 Å². The molecule has 0 saturated carbocycles. The molecule has 0 atom stereocenters. The highest BCUT2D eigenvalue weighted by molar-refractivity contribution is 9.10. The molecule has 1 aromatic heterocycles. The Morgan fingerprint density at radius 1 is 1.29 bits per heavy atom. The minimum atomic E-state index is 0.258. The van der Waals surface area contributed by atoms with Crippen LogP contribution in [0.3, 0.4) is 0 Å². The summed E-state index contributed by atoms with van der Waals surface area (Å²) >= 11 is 3.54. The lowest BCUT2D eigenvalue weighted by atomic mass is 10.0. The van der Waals surface area contributed by atoms with Crippen molar-refractivity contribution in [3.8, 4) is 0 Å². The first kappa shape index (κ1) is 16.0. The van der Waals surface area contributed by atoms with E-state index in [9.17, 15) is 4.79 Å². The first-order valence-electron chi connectivity index (χ1n) is 7.31. The third-order valence-electron chi connectivity index (χ3n) is 3.75. The van der Waals surface area contributed by atoms with Crippen molar-refractivity contribution >= 4 is 21.7 Å². The van der Waals surface area contributed by atoms with Gasteiger partial charge in [0.25, 0.3) is 0 Å². The molecule has 0 radical (unpaired) electrons. The van der Waals surface area contributed by atoms with Gasteiger partial charge in [-0.25, -0.2) is 0 Å². The number of ketones is 1. The second-order valence-corrected chi connectivity index (χ2v) is 6.10. The fourth-order valence-corrected chi connectivity index (χ4v) is 2.90. The van der Waals surface area contributed by atoms with Gasteiger partial charge in [0.15, 0.2) is 0 Å². The molecule has 0 N–H and O–H groups in total. The number of aryl methyl sites for hydroxylation is 4. The van der Waals surface area contributed by atoms with Gasteiger partial charge in [0, 0.05) is 19.4 Å². The van der Waals surface area contributed by atoms with E-state index in [0.717, 1.165) is 28.8 Å². The number of hydrogen-bond acceptors (Lipinski definition) is 2. The molecule has 0 aliphatic carbocycles. The molecule has 2 aromatic rings. The molecule has 0 amide bonds. The second kappa shape index (κ2) is 7.03. The number of carbonyl (C=O) groups excluding carboxylic acids is 1. The molecule has 0 aliphatic rings. The van der Waals surface area contributed by atoms with Crippen LogP contribution in [0.5, 0.6) is 0 Å². The normalized spacial score (nSPS) is 10.9. The highest BCUT2D eigenvalue weighted by Gasteiger charge is 2.15. The summed E-state index contributed by atoms with van der Waals surface area (Å²) in [6.45, 7) is 6.87. The SMILES string of the molecule is CCn1nc(C)c(Br)c1CC(=O)CCc1ccccc1C. The Bertz CT molecular complexity index is 646. The predicted molar refractivity (Wildman–Crippen MR) is 88.5 cm³/mol. The molecule has 112 valence electrons. The third kappa shape index (κ3) is 3.82. The highest BCUT2D eigenvalue weighted by atomic mass is 79.9. The molecule has 4 heteroatoms. The van der Waals surface area contributed by atoms with Crippen LogP contribution in [-0.2, 0) is 24.2 Å². The van der Waals surface area contributed by atoms with Crippen molar-refractivity contribution in [1.82, 2.24) is 9.78 Å². The molecular formula is C17H21BrN2O. The van der Waals surface area contributed by atoms with Crippen LogP contribution >= 0.6 is 15.9 Å². The summed E-state index contributed by atoms with van der Waals surface area (Å²) < 4.78 is 2.87. The van der Waals surface area contributed by atoms with Crippen molar-refractivity contribution in [2.75, 3.05) is 0 Å². The number of aromatic nitrogens is 2. The maximum atomic E-state index is 12.3. The summed E-state index contributed by atoms with van der Waals surface area (Å²) in [6.07, 6.45) is 1.83. The van der Waals surface area contributed by atoms with Crippen LogP contribution < -0.4 is 0 Å². The van der Waals surface area contributed by atoms with E-state index in [1.165, 1.54) is 11.1 Å². The largest absolute Gasteiger partial charge is 0.299 e. The number of nitrogens with zero attached hydrogens (tertiary/aromatic N) is 2. The molecule has 0 fully saturated rings. The van der Waals surface area contributed by atoms with Gasteiger partial charge in [-0.05, 0) is 54.2 Å². The number of carbonyl (C=O) groups is 1. The lowest BCUT2D eigenvalue weighted by molar-refractivity contribution is -0.118. The third-order valence-corrected chi connectivity index (χ3v) is 4.78. The Morgan fingerprint density at radius 2 is 2.00 bits per heavy atom. The van der Waals surface area contributed by atoms with Crippen LogP contribution in [-0.4, -0.2) is 15.6 Å². The second-order valence-electron chi connectivity index (χ2n) is 5.30. The van der Waals surface area contributed by atoms with E-state index in [1.54, 1.807) is 0 Å². The monoisotopic (exact) mass is 348 g/mol. The van der Waals surface area contributed by atoms with E-state index in [2.05, 4.69) is 40.1 Å². The average Bonchev–Trinajstić information content (AvgIpc) is 2.74. The minimum absolute atomic E-state index is 0.258. The molecule has 21 heavy (non-hydrogen) atoms. The highest BCUT2D eigenvalue weighted by Crippen LogP contribution is 2.22. The molecule has 0 saturated heterocycles. The van der Waals surface area contributed by atoms with E-state index >= 15 is 0 Å². The van der Waals surface area contributed by atoms with Gasteiger partial charge in [-0.15, -0.1) is 0 Å². The van der Waals surface area contributed by atoms with E-state index in [0.29, 0.717) is 12.8 Å². The zero-order valence-electron chi connectivity index (χ0n) is 12.8. The fourth-order valence-electron chi connectivity index (χ4n) is 2.48. The van der Waals surface area contributed by atoms with Crippen LogP contribution in [0.4, 0.5) is 0 Å². The Kier molecular flexibility index (Phi) is 5.34. The molecule has 1 heterocycles. The Morgan fingerprint density at radius 3 is 2.67 bits per heavy atom. The first-order valence-corrected chi connectivity index (χ1v) is 8.10.